The summed E-state index contributed by atoms with van der Waals surface area (Å²) >= 11 is 0. The zero-order valence-corrected chi connectivity index (χ0v) is 12.2. The van der Waals surface area contributed by atoms with Crippen LogP contribution in [0.15, 0.2) is 30.3 Å². The van der Waals surface area contributed by atoms with Gasteiger partial charge in [0.1, 0.15) is 0 Å². The molecule has 3 atom stereocenters. The fourth-order valence-electron chi connectivity index (χ4n) is 3.09. The summed E-state index contributed by atoms with van der Waals surface area (Å²) in [6.45, 7) is 3.55. The molecule has 0 amide bonds. The minimum absolute atomic E-state index is 0.200. The first-order chi connectivity index (χ1) is 9.63. The van der Waals surface area contributed by atoms with Crippen molar-refractivity contribution >= 4 is 5.97 Å². The molecule has 1 aliphatic heterocycles. The third kappa shape index (κ3) is 3.38. The maximum atomic E-state index is 11.1. The molecule has 2 rings (SSSR count). The van der Waals surface area contributed by atoms with E-state index in [1.807, 2.05) is 18.2 Å². The van der Waals surface area contributed by atoms with Crippen LogP contribution in [0.4, 0.5) is 0 Å². The van der Waals surface area contributed by atoms with Crippen LogP contribution < -0.4 is 0 Å². The van der Waals surface area contributed by atoms with E-state index in [0.717, 1.165) is 6.54 Å². The number of benzene rings is 1. The van der Waals surface area contributed by atoms with Gasteiger partial charge < -0.3 is 9.84 Å². The maximum Gasteiger partial charge on any atom is 0.306 e. The minimum Gasteiger partial charge on any atom is -0.481 e. The van der Waals surface area contributed by atoms with Gasteiger partial charge in [-0.15, -0.1) is 0 Å². The van der Waals surface area contributed by atoms with E-state index in [0.29, 0.717) is 19.4 Å². The summed E-state index contributed by atoms with van der Waals surface area (Å²) in [6, 6.07) is 10.8. The molecule has 1 aromatic rings. The quantitative estimate of drug-likeness (QED) is 0.898. The molecule has 1 N–H and O–H groups in total. The predicted octanol–water partition coefficient (Wildman–Crippen LogP) is 2.56. The summed E-state index contributed by atoms with van der Waals surface area (Å²) in [5.74, 6) is -0.875. The zero-order chi connectivity index (χ0) is 14.5. The van der Waals surface area contributed by atoms with Crippen LogP contribution in [0.5, 0.6) is 0 Å². The molecule has 1 heterocycles. The van der Waals surface area contributed by atoms with Gasteiger partial charge in [0.05, 0.1) is 18.6 Å². The summed E-state index contributed by atoms with van der Waals surface area (Å²) < 4.78 is 5.38. The molecule has 4 heteroatoms. The minimum atomic E-state index is -0.667. The molecule has 0 aliphatic carbocycles. The van der Waals surface area contributed by atoms with E-state index in [9.17, 15) is 4.79 Å². The summed E-state index contributed by atoms with van der Waals surface area (Å²) in [5, 5.41) is 9.16. The van der Waals surface area contributed by atoms with Gasteiger partial charge in [0.25, 0.3) is 0 Å². The Hall–Kier alpha value is -1.39. The van der Waals surface area contributed by atoms with E-state index in [-0.39, 0.29) is 18.0 Å². The molecule has 0 spiro atoms. The lowest BCUT2D eigenvalue weighted by Gasteiger charge is -2.41. The second-order valence-electron chi connectivity index (χ2n) is 5.53. The normalized spacial score (nSPS) is 25.3. The molecule has 4 nitrogen and oxygen atoms in total. The molecule has 3 unspecified atom stereocenters. The van der Waals surface area contributed by atoms with Gasteiger partial charge in [-0.1, -0.05) is 30.3 Å². The van der Waals surface area contributed by atoms with Crippen molar-refractivity contribution in [2.75, 3.05) is 20.3 Å². The maximum absolute atomic E-state index is 11.1. The van der Waals surface area contributed by atoms with Crippen molar-refractivity contribution in [3.63, 3.8) is 0 Å². The number of carboxylic acid groups (broad SMARTS) is 1. The number of aliphatic carboxylic acids is 1. The van der Waals surface area contributed by atoms with Crippen LogP contribution in [0.25, 0.3) is 0 Å². The van der Waals surface area contributed by atoms with Crippen molar-refractivity contribution in [1.29, 1.82) is 0 Å². The van der Waals surface area contributed by atoms with Crippen molar-refractivity contribution < 1.29 is 14.6 Å². The third-order valence-electron chi connectivity index (χ3n) is 4.19. The molecule has 20 heavy (non-hydrogen) atoms. The second kappa shape index (κ2) is 6.86. The number of nitrogens with zero attached hydrogens (tertiary/aromatic N) is 1. The van der Waals surface area contributed by atoms with Gasteiger partial charge in [-0.2, -0.15) is 0 Å². The molecule has 1 aliphatic rings. The molecule has 1 aromatic carbocycles. The fourth-order valence-corrected chi connectivity index (χ4v) is 3.09. The van der Waals surface area contributed by atoms with E-state index < -0.39 is 5.97 Å². The van der Waals surface area contributed by atoms with Crippen molar-refractivity contribution in [3.8, 4) is 0 Å². The van der Waals surface area contributed by atoms with Crippen molar-refractivity contribution in [3.05, 3.63) is 35.9 Å². The highest BCUT2D eigenvalue weighted by molar-refractivity contribution is 5.70. The van der Waals surface area contributed by atoms with E-state index in [4.69, 9.17) is 9.84 Å². The Labute approximate surface area is 120 Å². The first kappa shape index (κ1) is 15.0. The average Bonchev–Trinajstić information content (AvgIpc) is 2.46. The summed E-state index contributed by atoms with van der Waals surface area (Å²) in [4.78, 5) is 13.5. The molecular formula is C16H23NO3. The Morgan fingerprint density at radius 3 is 2.70 bits per heavy atom. The van der Waals surface area contributed by atoms with Gasteiger partial charge in [-0.05, 0) is 31.9 Å². The van der Waals surface area contributed by atoms with E-state index in [1.165, 1.54) is 5.56 Å². The van der Waals surface area contributed by atoms with E-state index >= 15 is 0 Å². The Kier molecular flexibility index (Phi) is 5.15. The molecule has 110 valence electrons. The Morgan fingerprint density at radius 2 is 2.15 bits per heavy atom. The lowest BCUT2D eigenvalue weighted by molar-refractivity contribution is -0.144. The van der Waals surface area contributed by atoms with Crippen molar-refractivity contribution in [2.45, 2.75) is 31.8 Å². The standard InChI is InChI=1S/C16H23NO3/c1-12-10-14(16(18)19)8-9-17(12)15(11-20-2)13-6-4-3-5-7-13/h3-7,12,14-15H,8-11H2,1-2H3,(H,18,19). The van der Waals surface area contributed by atoms with Gasteiger partial charge in [0, 0.05) is 13.2 Å². The Morgan fingerprint density at radius 1 is 1.45 bits per heavy atom. The topological polar surface area (TPSA) is 49.8 Å². The Bertz CT molecular complexity index is 435. The van der Waals surface area contributed by atoms with Crippen molar-refractivity contribution in [2.24, 2.45) is 5.92 Å². The van der Waals surface area contributed by atoms with Crippen LogP contribution in [-0.2, 0) is 9.53 Å². The van der Waals surface area contributed by atoms with Crippen LogP contribution in [0.3, 0.4) is 0 Å². The number of ether oxygens (including phenoxy) is 1. The van der Waals surface area contributed by atoms with Gasteiger partial charge >= 0.3 is 5.97 Å². The van der Waals surface area contributed by atoms with Gasteiger partial charge in [0.15, 0.2) is 0 Å². The SMILES string of the molecule is COCC(c1ccccc1)N1CCC(C(=O)O)CC1C. The lowest BCUT2D eigenvalue weighted by Crippen LogP contribution is -2.45. The van der Waals surface area contributed by atoms with E-state index in [1.54, 1.807) is 7.11 Å². The summed E-state index contributed by atoms with van der Waals surface area (Å²) in [5.41, 5.74) is 1.23. The smallest absolute Gasteiger partial charge is 0.306 e. The average molecular weight is 277 g/mol. The highest BCUT2D eigenvalue weighted by Gasteiger charge is 2.33. The zero-order valence-electron chi connectivity index (χ0n) is 12.2. The molecule has 0 saturated carbocycles. The van der Waals surface area contributed by atoms with Gasteiger partial charge in [0.2, 0.25) is 0 Å². The molecule has 0 bridgehead atoms. The third-order valence-corrected chi connectivity index (χ3v) is 4.19. The largest absolute Gasteiger partial charge is 0.481 e. The lowest BCUT2D eigenvalue weighted by atomic mass is 9.89. The first-order valence-electron chi connectivity index (χ1n) is 7.16. The number of piperidine rings is 1. The number of carboxylic acids is 1. The van der Waals surface area contributed by atoms with Crippen LogP contribution >= 0.6 is 0 Å². The van der Waals surface area contributed by atoms with Gasteiger partial charge in [-0.3, -0.25) is 9.69 Å². The Balaban J connectivity index is 2.13. The highest BCUT2D eigenvalue weighted by Crippen LogP contribution is 2.31. The number of methoxy groups -OCH3 is 1. The number of hydrogen-bond acceptors (Lipinski definition) is 3. The monoisotopic (exact) mass is 277 g/mol. The molecular weight excluding hydrogens is 254 g/mol. The van der Waals surface area contributed by atoms with Crippen LogP contribution in [0.2, 0.25) is 0 Å². The van der Waals surface area contributed by atoms with Gasteiger partial charge in [-0.25, -0.2) is 0 Å². The molecule has 0 radical (unpaired) electrons. The first-order valence-corrected chi connectivity index (χ1v) is 7.16. The predicted molar refractivity (Wildman–Crippen MR) is 77.6 cm³/mol. The van der Waals surface area contributed by atoms with Crippen molar-refractivity contribution in [1.82, 2.24) is 4.90 Å². The number of hydrogen-bond donors (Lipinski definition) is 1. The number of rotatable bonds is 5. The summed E-state index contributed by atoms with van der Waals surface area (Å²) in [7, 11) is 1.71. The fraction of sp³-hybridized carbons (Fsp3) is 0.562. The van der Waals surface area contributed by atoms with Crippen LogP contribution in [0, 0.1) is 5.92 Å². The molecule has 1 fully saturated rings. The second-order valence-corrected chi connectivity index (χ2v) is 5.53. The van der Waals surface area contributed by atoms with E-state index in [2.05, 4.69) is 24.0 Å². The molecule has 1 saturated heterocycles. The van der Waals surface area contributed by atoms with Crippen LogP contribution in [0.1, 0.15) is 31.4 Å². The molecule has 0 aromatic heterocycles. The summed E-state index contributed by atoms with van der Waals surface area (Å²) in [6.07, 6.45) is 1.43. The number of carbonyl (C=O) groups is 1. The van der Waals surface area contributed by atoms with Crippen LogP contribution in [-0.4, -0.2) is 42.3 Å². The number of likely N-dealkylation sites (tertiary alicyclic amines) is 1. The highest BCUT2D eigenvalue weighted by atomic mass is 16.5.